The molecule has 0 N–H and O–H groups in total. The molecular formula is C13H26BrNO. The maximum absolute atomic E-state index is 5.67. The van der Waals surface area contributed by atoms with Crippen molar-refractivity contribution in [2.24, 2.45) is 11.8 Å². The van der Waals surface area contributed by atoms with Gasteiger partial charge in [-0.3, -0.25) is 0 Å². The first kappa shape index (κ1) is 14.5. The molecule has 1 heterocycles. The number of likely N-dealkylation sites (tertiary alicyclic amines) is 1. The average Bonchev–Trinajstić information content (AvgIpc) is 2.28. The van der Waals surface area contributed by atoms with Crippen molar-refractivity contribution in [1.82, 2.24) is 4.90 Å². The van der Waals surface area contributed by atoms with Gasteiger partial charge in [0.05, 0.1) is 6.10 Å². The number of nitrogens with zero attached hydrogens (tertiary/aromatic N) is 1. The molecule has 3 heteroatoms. The molecule has 0 aliphatic carbocycles. The van der Waals surface area contributed by atoms with E-state index in [1.54, 1.807) is 0 Å². The van der Waals surface area contributed by atoms with Crippen LogP contribution in [0.4, 0.5) is 0 Å². The third kappa shape index (κ3) is 4.72. The van der Waals surface area contributed by atoms with Crippen LogP contribution in [0.2, 0.25) is 0 Å². The highest BCUT2D eigenvalue weighted by molar-refractivity contribution is 9.09. The van der Waals surface area contributed by atoms with Crippen molar-refractivity contribution in [3.63, 3.8) is 0 Å². The Bertz CT molecular complexity index is 179. The first-order valence-electron chi connectivity index (χ1n) is 6.57. The van der Waals surface area contributed by atoms with Gasteiger partial charge in [0.25, 0.3) is 0 Å². The maximum Gasteiger partial charge on any atom is 0.0599 e. The number of ether oxygens (including phenoxy) is 1. The molecule has 1 rings (SSSR count). The van der Waals surface area contributed by atoms with Crippen molar-refractivity contribution < 1.29 is 4.74 Å². The van der Waals surface area contributed by atoms with E-state index in [1.807, 2.05) is 0 Å². The minimum atomic E-state index is 0.516. The number of rotatable bonds is 6. The Morgan fingerprint density at radius 3 is 2.38 bits per heavy atom. The number of halogens is 1. The zero-order valence-corrected chi connectivity index (χ0v) is 12.5. The molecule has 0 amide bonds. The third-order valence-corrected chi connectivity index (χ3v) is 4.40. The van der Waals surface area contributed by atoms with Crippen molar-refractivity contribution in [2.45, 2.75) is 39.7 Å². The molecule has 1 fully saturated rings. The molecule has 0 aromatic heterocycles. The standard InChI is InChI=1S/C13H26BrNO/c1-4-16-13-5-7-15(8-6-13)10-12(9-14)11(2)3/h11-13H,4-10H2,1-3H3. The largest absolute Gasteiger partial charge is 0.378 e. The molecule has 1 saturated heterocycles. The van der Waals surface area contributed by atoms with Gasteiger partial charge in [-0.2, -0.15) is 0 Å². The second-order valence-corrected chi connectivity index (χ2v) is 5.76. The van der Waals surface area contributed by atoms with Crippen LogP contribution in [0, 0.1) is 11.8 Å². The molecular weight excluding hydrogens is 266 g/mol. The lowest BCUT2D eigenvalue weighted by Crippen LogP contribution is -2.40. The number of hydrogen-bond donors (Lipinski definition) is 0. The lowest BCUT2D eigenvalue weighted by molar-refractivity contribution is 0.0104. The minimum Gasteiger partial charge on any atom is -0.378 e. The summed E-state index contributed by atoms with van der Waals surface area (Å²) in [6, 6.07) is 0. The molecule has 16 heavy (non-hydrogen) atoms. The van der Waals surface area contributed by atoms with E-state index in [9.17, 15) is 0 Å². The molecule has 0 bridgehead atoms. The van der Waals surface area contributed by atoms with E-state index >= 15 is 0 Å². The zero-order valence-electron chi connectivity index (χ0n) is 10.9. The van der Waals surface area contributed by atoms with Crippen molar-refractivity contribution in [2.75, 3.05) is 31.6 Å². The topological polar surface area (TPSA) is 12.5 Å². The van der Waals surface area contributed by atoms with Crippen molar-refractivity contribution >= 4 is 15.9 Å². The summed E-state index contributed by atoms with van der Waals surface area (Å²) in [5, 5.41) is 1.12. The summed E-state index contributed by atoms with van der Waals surface area (Å²) in [5.41, 5.74) is 0. The van der Waals surface area contributed by atoms with Crippen LogP contribution in [0.15, 0.2) is 0 Å². The molecule has 1 aliphatic heterocycles. The molecule has 2 nitrogen and oxygen atoms in total. The van der Waals surface area contributed by atoms with Crippen molar-refractivity contribution in [1.29, 1.82) is 0 Å². The summed E-state index contributed by atoms with van der Waals surface area (Å²) in [7, 11) is 0. The molecule has 1 atom stereocenters. The highest BCUT2D eigenvalue weighted by atomic mass is 79.9. The van der Waals surface area contributed by atoms with Crippen LogP contribution < -0.4 is 0 Å². The van der Waals surface area contributed by atoms with Crippen LogP contribution >= 0.6 is 15.9 Å². The number of piperidine rings is 1. The van der Waals surface area contributed by atoms with Crippen LogP contribution in [-0.2, 0) is 4.74 Å². The third-order valence-electron chi connectivity index (χ3n) is 3.57. The molecule has 0 aromatic rings. The van der Waals surface area contributed by atoms with E-state index in [-0.39, 0.29) is 0 Å². The zero-order chi connectivity index (χ0) is 12.0. The first-order valence-corrected chi connectivity index (χ1v) is 7.69. The van der Waals surface area contributed by atoms with E-state index in [4.69, 9.17) is 4.74 Å². The van der Waals surface area contributed by atoms with Gasteiger partial charge in [0, 0.05) is 31.6 Å². The van der Waals surface area contributed by atoms with Gasteiger partial charge in [0.15, 0.2) is 0 Å². The Morgan fingerprint density at radius 2 is 1.94 bits per heavy atom. The quantitative estimate of drug-likeness (QED) is 0.697. The van der Waals surface area contributed by atoms with Crippen LogP contribution in [-0.4, -0.2) is 42.6 Å². The van der Waals surface area contributed by atoms with Crippen molar-refractivity contribution in [3.8, 4) is 0 Å². The molecule has 0 aromatic carbocycles. The summed E-state index contributed by atoms with van der Waals surface area (Å²) < 4.78 is 5.67. The Morgan fingerprint density at radius 1 is 1.31 bits per heavy atom. The molecule has 1 aliphatic rings. The predicted octanol–water partition coefficient (Wildman–Crippen LogP) is 3.15. The normalized spacial score (nSPS) is 21.6. The summed E-state index contributed by atoms with van der Waals surface area (Å²) in [5.74, 6) is 1.55. The van der Waals surface area contributed by atoms with E-state index in [0.717, 1.165) is 23.8 Å². The lowest BCUT2D eigenvalue weighted by Gasteiger charge is -2.34. The number of alkyl halides is 1. The highest BCUT2D eigenvalue weighted by Crippen LogP contribution is 2.19. The van der Waals surface area contributed by atoms with Crippen LogP contribution in [0.5, 0.6) is 0 Å². The summed E-state index contributed by atoms with van der Waals surface area (Å²) >= 11 is 3.63. The second-order valence-electron chi connectivity index (χ2n) is 5.11. The smallest absolute Gasteiger partial charge is 0.0599 e. The molecule has 0 radical (unpaired) electrons. The van der Waals surface area contributed by atoms with Gasteiger partial charge in [-0.25, -0.2) is 0 Å². The van der Waals surface area contributed by atoms with Gasteiger partial charge < -0.3 is 9.64 Å². The fourth-order valence-corrected chi connectivity index (χ4v) is 3.22. The van der Waals surface area contributed by atoms with E-state index in [2.05, 4.69) is 41.6 Å². The van der Waals surface area contributed by atoms with E-state index in [1.165, 1.54) is 32.5 Å². The van der Waals surface area contributed by atoms with E-state index < -0.39 is 0 Å². The monoisotopic (exact) mass is 291 g/mol. The minimum absolute atomic E-state index is 0.516. The second kappa shape index (κ2) is 7.67. The van der Waals surface area contributed by atoms with Crippen LogP contribution in [0.25, 0.3) is 0 Å². The molecule has 0 spiro atoms. The Labute approximate surface area is 109 Å². The molecule has 96 valence electrons. The molecule has 0 saturated carbocycles. The maximum atomic E-state index is 5.67. The van der Waals surface area contributed by atoms with Crippen molar-refractivity contribution in [3.05, 3.63) is 0 Å². The summed E-state index contributed by atoms with van der Waals surface area (Å²) in [6.07, 6.45) is 2.93. The van der Waals surface area contributed by atoms with Gasteiger partial charge in [-0.1, -0.05) is 29.8 Å². The highest BCUT2D eigenvalue weighted by Gasteiger charge is 2.22. The first-order chi connectivity index (χ1) is 7.67. The van der Waals surface area contributed by atoms with Gasteiger partial charge in [0.1, 0.15) is 0 Å². The fraction of sp³-hybridized carbons (Fsp3) is 1.00. The van der Waals surface area contributed by atoms with Gasteiger partial charge in [0.2, 0.25) is 0 Å². The Hall–Kier alpha value is 0.400. The SMILES string of the molecule is CCOC1CCN(CC(CBr)C(C)C)CC1. The fourth-order valence-electron chi connectivity index (χ4n) is 2.26. The average molecular weight is 292 g/mol. The number of hydrogen-bond acceptors (Lipinski definition) is 2. The van der Waals surface area contributed by atoms with Crippen LogP contribution in [0.1, 0.15) is 33.6 Å². The molecule has 1 unspecified atom stereocenters. The van der Waals surface area contributed by atoms with Gasteiger partial charge >= 0.3 is 0 Å². The van der Waals surface area contributed by atoms with Gasteiger partial charge in [-0.05, 0) is 31.6 Å². The Kier molecular flexibility index (Phi) is 6.94. The van der Waals surface area contributed by atoms with Crippen LogP contribution in [0.3, 0.4) is 0 Å². The Balaban J connectivity index is 2.25. The van der Waals surface area contributed by atoms with Gasteiger partial charge in [-0.15, -0.1) is 0 Å². The van der Waals surface area contributed by atoms with E-state index in [0.29, 0.717) is 6.10 Å². The summed E-state index contributed by atoms with van der Waals surface area (Å²) in [6.45, 7) is 11.2. The predicted molar refractivity (Wildman–Crippen MR) is 73.2 cm³/mol. The summed E-state index contributed by atoms with van der Waals surface area (Å²) in [4.78, 5) is 2.60. The lowest BCUT2D eigenvalue weighted by atomic mass is 9.96.